The van der Waals surface area contributed by atoms with Gasteiger partial charge in [-0.15, -0.1) is 11.3 Å². The van der Waals surface area contributed by atoms with Crippen LogP contribution in [0.5, 0.6) is 0 Å². The highest BCUT2D eigenvalue weighted by molar-refractivity contribution is 7.14. The zero-order valence-electron chi connectivity index (χ0n) is 10.9. The lowest BCUT2D eigenvalue weighted by molar-refractivity contribution is 0.0575. The van der Waals surface area contributed by atoms with Gasteiger partial charge in [-0.05, 0) is 31.7 Å². The molecule has 0 spiro atoms. The molecule has 2 rings (SSSR count). The molecule has 0 radical (unpaired) electrons. The second-order valence-electron chi connectivity index (χ2n) is 4.84. The minimum absolute atomic E-state index is 0.112. The van der Waals surface area contributed by atoms with Crippen molar-refractivity contribution in [3.63, 3.8) is 0 Å². The molecule has 2 heterocycles. The highest BCUT2D eigenvalue weighted by atomic mass is 32.1. The van der Waals surface area contributed by atoms with Crippen LogP contribution in [0.1, 0.15) is 27.4 Å². The number of rotatable bonds is 3. The van der Waals surface area contributed by atoms with Gasteiger partial charge in [-0.25, -0.2) is 0 Å². The Hall–Kier alpha value is -1.07. The Bertz CT molecular complexity index is 409. The van der Waals surface area contributed by atoms with Gasteiger partial charge < -0.3 is 15.4 Å². The number of piperidine rings is 1. The Morgan fingerprint density at radius 2 is 2.44 bits per heavy atom. The predicted octanol–water partition coefficient (Wildman–Crippen LogP) is 2.14. The van der Waals surface area contributed by atoms with E-state index in [4.69, 9.17) is 10.5 Å². The molecule has 0 aliphatic carbocycles. The Morgan fingerprint density at radius 3 is 3.06 bits per heavy atom. The molecule has 0 saturated carbocycles. The molecule has 18 heavy (non-hydrogen) atoms. The van der Waals surface area contributed by atoms with Gasteiger partial charge in [0, 0.05) is 30.8 Å². The van der Waals surface area contributed by atoms with Crippen molar-refractivity contribution in [2.45, 2.75) is 19.8 Å². The smallest absolute Gasteiger partial charge is 0.264 e. The normalized spacial score (nSPS) is 20.1. The lowest BCUT2D eigenvalue weighted by Crippen LogP contribution is -2.40. The van der Waals surface area contributed by atoms with E-state index in [0.29, 0.717) is 11.6 Å². The fourth-order valence-corrected chi connectivity index (χ4v) is 3.29. The van der Waals surface area contributed by atoms with Crippen molar-refractivity contribution in [2.24, 2.45) is 5.92 Å². The third-order valence-corrected chi connectivity index (χ3v) is 4.43. The number of hydrogen-bond donors (Lipinski definition) is 1. The van der Waals surface area contributed by atoms with Gasteiger partial charge in [0.15, 0.2) is 0 Å². The first-order valence-corrected chi connectivity index (χ1v) is 7.07. The van der Waals surface area contributed by atoms with Crippen molar-refractivity contribution in [1.82, 2.24) is 4.90 Å². The number of anilines is 1. The maximum atomic E-state index is 12.4. The van der Waals surface area contributed by atoms with Gasteiger partial charge in [-0.1, -0.05) is 0 Å². The first kappa shape index (κ1) is 13.4. The van der Waals surface area contributed by atoms with Gasteiger partial charge in [-0.2, -0.15) is 0 Å². The van der Waals surface area contributed by atoms with E-state index in [0.717, 1.165) is 42.3 Å². The van der Waals surface area contributed by atoms with Gasteiger partial charge in [0.05, 0.1) is 11.5 Å². The number of thiophene rings is 1. The molecule has 2 N–H and O–H groups in total. The van der Waals surface area contributed by atoms with Crippen molar-refractivity contribution in [3.05, 3.63) is 15.8 Å². The predicted molar refractivity (Wildman–Crippen MR) is 74.0 cm³/mol. The maximum absolute atomic E-state index is 12.4. The monoisotopic (exact) mass is 268 g/mol. The fraction of sp³-hybridized carbons (Fsp3) is 0.615. The highest BCUT2D eigenvalue weighted by Crippen LogP contribution is 2.26. The number of carbonyl (C=O) groups is 1. The van der Waals surface area contributed by atoms with E-state index in [2.05, 4.69) is 0 Å². The first-order valence-electron chi connectivity index (χ1n) is 6.26. The van der Waals surface area contributed by atoms with Gasteiger partial charge in [0.1, 0.15) is 0 Å². The van der Waals surface area contributed by atoms with E-state index in [-0.39, 0.29) is 5.91 Å². The average Bonchev–Trinajstić information content (AvgIpc) is 2.69. The van der Waals surface area contributed by atoms with Crippen LogP contribution in [0.3, 0.4) is 0 Å². The van der Waals surface area contributed by atoms with Gasteiger partial charge in [0.2, 0.25) is 0 Å². The number of nitrogens with zero attached hydrogens (tertiary/aromatic N) is 1. The minimum Gasteiger partial charge on any atom is -0.398 e. The molecule has 0 aromatic carbocycles. The summed E-state index contributed by atoms with van der Waals surface area (Å²) in [5, 5.41) is 0. The lowest BCUT2D eigenvalue weighted by Gasteiger charge is -2.32. The number of methoxy groups -OCH3 is 1. The summed E-state index contributed by atoms with van der Waals surface area (Å²) in [4.78, 5) is 16.1. The summed E-state index contributed by atoms with van der Waals surface area (Å²) in [7, 11) is 1.71. The average molecular weight is 268 g/mol. The zero-order chi connectivity index (χ0) is 13.1. The van der Waals surface area contributed by atoms with Crippen molar-refractivity contribution >= 4 is 22.9 Å². The maximum Gasteiger partial charge on any atom is 0.264 e. The van der Waals surface area contributed by atoms with Crippen molar-refractivity contribution in [3.8, 4) is 0 Å². The topological polar surface area (TPSA) is 55.6 Å². The van der Waals surface area contributed by atoms with Crippen LogP contribution in [0, 0.1) is 12.8 Å². The molecule has 4 nitrogen and oxygen atoms in total. The second kappa shape index (κ2) is 5.71. The molecule has 1 aliphatic heterocycles. The van der Waals surface area contributed by atoms with E-state index in [1.165, 1.54) is 11.3 Å². The summed E-state index contributed by atoms with van der Waals surface area (Å²) in [5.74, 6) is 0.576. The molecular weight excluding hydrogens is 248 g/mol. The molecule has 1 aromatic rings. The Labute approximate surface area is 112 Å². The Morgan fingerprint density at radius 1 is 1.67 bits per heavy atom. The first-order chi connectivity index (χ1) is 8.61. The fourth-order valence-electron chi connectivity index (χ4n) is 2.38. The molecule has 1 aliphatic rings. The Kier molecular flexibility index (Phi) is 4.24. The van der Waals surface area contributed by atoms with Crippen molar-refractivity contribution < 1.29 is 9.53 Å². The number of nitrogen functional groups attached to an aromatic ring is 1. The van der Waals surface area contributed by atoms with Crippen LogP contribution in [0.15, 0.2) is 6.07 Å². The number of aryl methyl sites for hydroxylation is 1. The minimum atomic E-state index is 0.112. The zero-order valence-corrected chi connectivity index (χ0v) is 11.8. The van der Waals surface area contributed by atoms with Crippen LogP contribution in [-0.2, 0) is 4.74 Å². The van der Waals surface area contributed by atoms with Gasteiger partial charge >= 0.3 is 0 Å². The standard InChI is InChI=1S/C13H20N2O2S/c1-9-11(14)6-12(18-9)13(16)15-5-3-4-10(7-15)8-17-2/h6,10H,3-5,7-8,14H2,1-2H3. The summed E-state index contributed by atoms with van der Waals surface area (Å²) in [6.07, 6.45) is 2.20. The number of likely N-dealkylation sites (tertiary alicyclic amines) is 1. The Balaban J connectivity index is 2.04. The number of carbonyl (C=O) groups excluding carboxylic acids is 1. The van der Waals surface area contributed by atoms with E-state index >= 15 is 0 Å². The second-order valence-corrected chi connectivity index (χ2v) is 6.09. The number of ether oxygens (including phenoxy) is 1. The van der Waals surface area contributed by atoms with Gasteiger partial charge in [0.25, 0.3) is 5.91 Å². The summed E-state index contributed by atoms with van der Waals surface area (Å²) >= 11 is 1.48. The molecule has 1 saturated heterocycles. The van der Waals surface area contributed by atoms with E-state index in [1.807, 2.05) is 11.8 Å². The summed E-state index contributed by atoms with van der Waals surface area (Å²) in [6, 6.07) is 1.79. The van der Waals surface area contributed by atoms with Gasteiger partial charge in [-0.3, -0.25) is 4.79 Å². The molecular formula is C13H20N2O2S. The number of hydrogen-bond acceptors (Lipinski definition) is 4. The summed E-state index contributed by atoms with van der Waals surface area (Å²) < 4.78 is 5.18. The van der Waals surface area contributed by atoms with E-state index in [1.54, 1.807) is 13.2 Å². The molecule has 5 heteroatoms. The van der Waals surface area contributed by atoms with Crippen molar-refractivity contribution in [2.75, 3.05) is 32.5 Å². The van der Waals surface area contributed by atoms with Crippen LogP contribution in [0.4, 0.5) is 5.69 Å². The largest absolute Gasteiger partial charge is 0.398 e. The highest BCUT2D eigenvalue weighted by Gasteiger charge is 2.25. The molecule has 1 fully saturated rings. The van der Waals surface area contributed by atoms with Crippen LogP contribution >= 0.6 is 11.3 Å². The quantitative estimate of drug-likeness (QED) is 0.913. The van der Waals surface area contributed by atoms with Crippen LogP contribution in [0.25, 0.3) is 0 Å². The number of nitrogens with two attached hydrogens (primary N) is 1. The van der Waals surface area contributed by atoms with Crippen molar-refractivity contribution in [1.29, 1.82) is 0 Å². The molecule has 0 bridgehead atoms. The summed E-state index contributed by atoms with van der Waals surface area (Å²) in [6.45, 7) is 4.32. The SMILES string of the molecule is COCC1CCCN(C(=O)c2cc(N)c(C)s2)C1. The van der Waals surface area contributed by atoms with Crippen LogP contribution in [0.2, 0.25) is 0 Å². The summed E-state index contributed by atoms with van der Waals surface area (Å²) in [5.41, 5.74) is 6.52. The van der Waals surface area contributed by atoms with E-state index in [9.17, 15) is 4.79 Å². The van der Waals surface area contributed by atoms with E-state index < -0.39 is 0 Å². The lowest BCUT2D eigenvalue weighted by atomic mass is 9.99. The van der Waals surface area contributed by atoms with Crippen LogP contribution < -0.4 is 5.73 Å². The van der Waals surface area contributed by atoms with Crippen LogP contribution in [-0.4, -0.2) is 37.6 Å². The molecule has 1 aromatic heterocycles. The molecule has 1 unspecified atom stereocenters. The molecule has 1 atom stereocenters. The molecule has 1 amide bonds. The molecule has 100 valence electrons. The third-order valence-electron chi connectivity index (χ3n) is 3.38. The number of amides is 1. The third kappa shape index (κ3) is 2.84.